The lowest BCUT2D eigenvalue weighted by Gasteiger charge is -1.94. The number of aryl methyl sites for hydroxylation is 2. The van der Waals surface area contributed by atoms with E-state index in [1.165, 1.54) is 0 Å². The van der Waals surface area contributed by atoms with E-state index in [4.69, 9.17) is 0 Å². The lowest BCUT2D eigenvalue weighted by Crippen LogP contribution is -1.91. The first kappa shape index (κ1) is 13.5. The summed E-state index contributed by atoms with van der Waals surface area (Å²) in [6, 6.07) is 0. The zero-order valence-corrected chi connectivity index (χ0v) is 10.4. The van der Waals surface area contributed by atoms with Gasteiger partial charge >= 0.3 is 0 Å². The normalized spacial score (nSPS) is 8.67. The van der Waals surface area contributed by atoms with Crippen LogP contribution < -0.4 is 0 Å². The molecule has 0 saturated heterocycles. The summed E-state index contributed by atoms with van der Waals surface area (Å²) in [6.07, 6.45) is 3.50. The Bertz CT molecular complexity index is 392. The molecule has 2 aromatic heterocycles. The molecule has 4 nitrogen and oxygen atoms in total. The van der Waals surface area contributed by atoms with Gasteiger partial charge in [-0.15, -0.1) is 10.2 Å². The van der Waals surface area contributed by atoms with Crippen molar-refractivity contribution in [2.24, 2.45) is 0 Å². The summed E-state index contributed by atoms with van der Waals surface area (Å²) in [5, 5.41) is 7.92. The Labute approximate surface area is 91.4 Å². The van der Waals surface area contributed by atoms with E-state index >= 15 is 0 Å². The molecule has 0 saturated carbocycles. The molecular weight excluding hydrogens is 188 g/mol. The Morgan fingerprint density at radius 3 is 2.13 bits per heavy atom. The maximum atomic E-state index is 4.03. The van der Waals surface area contributed by atoms with Gasteiger partial charge in [-0.25, -0.2) is 4.98 Å². The van der Waals surface area contributed by atoms with Gasteiger partial charge in [0.25, 0.3) is 0 Å². The third-order valence-corrected chi connectivity index (χ3v) is 1.67. The molecule has 0 spiro atoms. The summed E-state index contributed by atoms with van der Waals surface area (Å²) < 4.78 is 1.87. The molecule has 0 atom stereocenters. The van der Waals surface area contributed by atoms with Crippen molar-refractivity contribution in [3.05, 3.63) is 23.9 Å². The van der Waals surface area contributed by atoms with Crippen LogP contribution in [0.25, 0.3) is 5.65 Å². The van der Waals surface area contributed by atoms with Gasteiger partial charge in [0.1, 0.15) is 12.2 Å². The maximum absolute atomic E-state index is 4.03. The minimum absolute atomic E-state index is 0.871. The van der Waals surface area contributed by atoms with Crippen LogP contribution in [-0.4, -0.2) is 19.6 Å². The van der Waals surface area contributed by atoms with Gasteiger partial charge in [-0.2, -0.15) is 0 Å². The summed E-state index contributed by atoms with van der Waals surface area (Å²) in [5.41, 5.74) is 1.94. The number of hydrogen-bond acceptors (Lipinski definition) is 3. The van der Waals surface area contributed by atoms with Crippen molar-refractivity contribution in [2.45, 2.75) is 41.5 Å². The highest BCUT2D eigenvalue weighted by molar-refractivity contribution is 5.44. The van der Waals surface area contributed by atoms with Gasteiger partial charge in [0, 0.05) is 11.8 Å². The molecule has 0 N–H and O–H groups in total. The predicted molar refractivity (Wildman–Crippen MR) is 63.0 cm³/mol. The molecule has 0 radical (unpaired) electrons. The lowest BCUT2D eigenvalue weighted by molar-refractivity contribution is 0.980. The molecule has 2 aromatic rings. The van der Waals surface area contributed by atoms with E-state index in [1.54, 1.807) is 12.5 Å². The zero-order valence-electron chi connectivity index (χ0n) is 10.4. The molecule has 0 aliphatic rings. The fourth-order valence-electron chi connectivity index (χ4n) is 1.05. The summed E-state index contributed by atoms with van der Waals surface area (Å²) in [5.74, 6) is 0.871. The fraction of sp³-hybridized carbons (Fsp3) is 0.545. The van der Waals surface area contributed by atoms with E-state index in [1.807, 2.05) is 45.9 Å². The highest BCUT2D eigenvalue weighted by Crippen LogP contribution is 2.04. The maximum Gasteiger partial charge on any atom is 0.166 e. The van der Waals surface area contributed by atoms with Crippen LogP contribution in [0.2, 0.25) is 0 Å². The molecule has 15 heavy (non-hydrogen) atoms. The number of fused-ring (bicyclic) bond motifs is 1. The molecule has 0 aromatic carbocycles. The van der Waals surface area contributed by atoms with Crippen LogP contribution in [-0.2, 0) is 0 Å². The third-order valence-electron chi connectivity index (χ3n) is 1.67. The van der Waals surface area contributed by atoms with Crippen LogP contribution in [0.3, 0.4) is 0 Å². The van der Waals surface area contributed by atoms with Gasteiger partial charge < -0.3 is 0 Å². The van der Waals surface area contributed by atoms with Crippen molar-refractivity contribution in [3.8, 4) is 0 Å². The smallest absolute Gasteiger partial charge is 0.166 e. The predicted octanol–water partition coefficient (Wildman–Crippen LogP) is 2.79. The van der Waals surface area contributed by atoms with Crippen LogP contribution in [0.4, 0.5) is 0 Å². The first-order chi connectivity index (χ1) is 7.29. The van der Waals surface area contributed by atoms with Crippen molar-refractivity contribution in [2.75, 3.05) is 0 Å². The number of nitrogens with zero attached hydrogens (tertiary/aromatic N) is 4. The van der Waals surface area contributed by atoms with Crippen molar-refractivity contribution in [1.29, 1.82) is 0 Å². The van der Waals surface area contributed by atoms with E-state index in [9.17, 15) is 0 Å². The summed E-state index contributed by atoms with van der Waals surface area (Å²) in [6.45, 7) is 11.9. The third kappa shape index (κ3) is 3.01. The number of aromatic nitrogens is 4. The Morgan fingerprint density at radius 1 is 1.00 bits per heavy atom. The van der Waals surface area contributed by atoms with Crippen molar-refractivity contribution >= 4 is 5.65 Å². The second-order valence-electron chi connectivity index (χ2n) is 2.52. The van der Waals surface area contributed by atoms with E-state index in [0.717, 1.165) is 17.0 Å². The van der Waals surface area contributed by atoms with Gasteiger partial charge in [0.05, 0.1) is 0 Å². The Morgan fingerprint density at radius 2 is 1.60 bits per heavy atom. The Kier molecular flexibility index (Phi) is 6.25. The van der Waals surface area contributed by atoms with Crippen molar-refractivity contribution in [1.82, 2.24) is 19.6 Å². The molecular formula is C11H20N4. The fourth-order valence-corrected chi connectivity index (χ4v) is 1.05. The molecule has 2 rings (SSSR count). The molecule has 2 heterocycles. The van der Waals surface area contributed by atoms with Crippen LogP contribution in [0.15, 0.2) is 12.5 Å². The van der Waals surface area contributed by atoms with Gasteiger partial charge in [-0.1, -0.05) is 27.7 Å². The van der Waals surface area contributed by atoms with E-state index in [-0.39, 0.29) is 0 Å². The lowest BCUT2D eigenvalue weighted by atomic mass is 10.4. The molecule has 0 unspecified atom stereocenters. The van der Waals surface area contributed by atoms with E-state index < -0.39 is 0 Å². The Hall–Kier alpha value is -1.45. The molecule has 0 aliphatic carbocycles. The first-order valence-corrected chi connectivity index (χ1v) is 5.41. The SMILES string of the molecule is CC.CC.Cc1cncn2c(C)nnc12. The zero-order chi connectivity index (χ0) is 11.8. The summed E-state index contributed by atoms with van der Waals surface area (Å²) in [4.78, 5) is 4.03. The molecule has 0 bridgehead atoms. The Balaban J connectivity index is 0.000000442. The van der Waals surface area contributed by atoms with Gasteiger partial charge in [-0.05, 0) is 13.8 Å². The van der Waals surface area contributed by atoms with Gasteiger partial charge in [-0.3, -0.25) is 4.40 Å². The molecule has 0 amide bonds. The molecule has 0 aliphatic heterocycles. The summed E-state index contributed by atoms with van der Waals surface area (Å²) >= 11 is 0. The molecule has 4 heteroatoms. The van der Waals surface area contributed by atoms with Crippen molar-refractivity contribution < 1.29 is 0 Å². The highest BCUT2D eigenvalue weighted by atomic mass is 15.3. The van der Waals surface area contributed by atoms with Gasteiger partial charge in [0.15, 0.2) is 5.65 Å². The monoisotopic (exact) mass is 208 g/mol. The second kappa shape index (κ2) is 6.92. The first-order valence-electron chi connectivity index (χ1n) is 5.41. The summed E-state index contributed by atoms with van der Waals surface area (Å²) in [7, 11) is 0. The van der Waals surface area contributed by atoms with Crippen molar-refractivity contribution in [3.63, 3.8) is 0 Å². The topological polar surface area (TPSA) is 43.1 Å². The van der Waals surface area contributed by atoms with Crippen LogP contribution >= 0.6 is 0 Å². The molecule has 84 valence electrons. The minimum Gasteiger partial charge on any atom is -0.269 e. The van der Waals surface area contributed by atoms with Crippen LogP contribution in [0.1, 0.15) is 39.1 Å². The van der Waals surface area contributed by atoms with Crippen LogP contribution in [0, 0.1) is 13.8 Å². The van der Waals surface area contributed by atoms with E-state index in [2.05, 4.69) is 15.2 Å². The highest BCUT2D eigenvalue weighted by Gasteiger charge is 2.01. The average Bonchev–Trinajstić information content (AvgIpc) is 2.68. The quantitative estimate of drug-likeness (QED) is 0.668. The average molecular weight is 208 g/mol. The van der Waals surface area contributed by atoms with E-state index in [0.29, 0.717) is 0 Å². The largest absolute Gasteiger partial charge is 0.269 e. The molecule has 0 fully saturated rings. The standard InChI is InChI=1S/C7H8N4.2C2H6/c1-5-3-8-4-11-6(2)9-10-7(5)11;2*1-2/h3-4H,1-2H3;2*1-2H3. The number of hydrogen-bond donors (Lipinski definition) is 0. The second-order valence-corrected chi connectivity index (χ2v) is 2.52. The minimum atomic E-state index is 0.871. The van der Waals surface area contributed by atoms with Gasteiger partial charge in [0.2, 0.25) is 0 Å². The van der Waals surface area contributed by atoms with Crippen LogP contribution in [0.5, 0.6) is 0 Å². The number of rotatable bonds is 0.